The smallest absolute Gasteiger partial charge is 0.377 e. The summed E-state index contributed by atoms with van der Waals surface area (Å²) in [5.41, 5.74) is 0. The van der Waals surface area contributed by atoms with Gasteiger partial charge in [0.15, 0.2) is 0 Å². The Kier molecular flexibility index (Phi) is 7.61. The normalized spacial score (nSPS) is 11.1. The molecule has 0 amide bonds. The summed E-state index contributed by atoms with van der Waals surface area (Å²) in [6.07, 6.45) is 3.59. The van der Waals surface area contributed by atoms with Crippen molar-refractivity contribution in [3.8, 4) is 0 Å². The van der Waals surface area contributed by atoms with Crippen LogP contribution in [0.4, 0.5) is 0 Å². The fourth-order valence-electron chi connectivity index (χ4n) is 1.23. The number of isocyanates is 1. The van der Waals surface area contributed by atoms with Gasteiger partial charge in [0.05, 0.1) is 0 Å². The van der Waals surface area contributed by atoms with E-state index in [4.69, 9.17) is 8.85 Å². The van der Waals surface area contributed by atoms with Gasteiger partial charge in [-0.2, -0.15) is 4.66 Å². The highest BCUT2D eigenvalue weighted by molar-refractivity contribution is 6.66. The van der Waals surface area contributed by atoms with Crippen molar-refractivity contribution >= 4 is 14.8 Å². The molecule has 0 fully saturated rings. The first-order valence-electron chi connectivity index (χ1n) is 5.11. The summed E-state index contributed by atoms with van der Waals surface area (Å²) in [6.45, 7) is 6.91. The Morgan fingerprint density at radius 3 is 2.14 bits per heavy atom. The van der Waals surface area contributed by atoms with E-state index in [0.717, 1.165) is 18.9 Å². The van der Waals surface area contributed by atoms with E-state index in [-0.39, 0.29) is 0 Å². The molecular formula is C9H19NO3Si. The summed E-state index contributed by atoms with van der Waals surface area (Å²) < 4.78 is 14.8. The predicted molar refractivity (Wildman–Crippen MR) is 56.8 cm³/mol. The maximum Gasteiger partial charge on any atom is 0.488 e. The highest BCUT2D eigenvalue weighted by Crippen LogP contribution is 2.18. The average Bonchev–Trinajstić information content (AvgIpc) is 2.16. The Morgan fingerprint density at radius 1 is 1.21 bits per heavy atom. The number of carbonyl (C=O) groups excluding carboxylic acids is 1. The summed E-state index contributed by atoms with van der Waals surface area (Å²) in [5, 5.41) is 0. The number of nitrogens with zero attached hydrogens (tertiary/aromatic N) is 1. The molecule has 0 saturated carbocycles. The second kappa shape index (κ2) is 7.88. The molecule has 0 bridgehead atoms. The summed E-state index contributed by atoms with van der Waals surface area (Å²) in [4.78, 5) is 10.3. The molecule has 0 rings (SSSR count). The molecule has 0 N–H and O–H groups in total. The highest BCUT2D eigenvalue weighted by Gasteiger charge is 2.37. The Bertz CT molecular complexity index is 186. The van der Waals surface area contributed by atoms with Crippen molar-refractivity contribution < 1.29 is 13.6 Å². The Morgan fingerprint density at radius 2 is 1.79 bits per heavy atom. The molecule has 0 heterocycles. The van der Waals surface area contributed by atoms with Gasteiger partial charge in [0.25, 0.3) is 0 Å². The maximum atomic E-state index is 10.3. The van der Waals surface area contributed by atoms with Crippen LogP contribution in [0.5, 0.6) is 0 Å². The molecule has 0 aromatic heterocycles. The van der Waals surface area contributed by atoms with E-state index in [2.05, 4.69) is 11.6 Å². The van der Waals surface area contributed by atoms with Crippen LogP contribution in [-0.4, -0.2) is 28.0 Å². The molecule has 0 aliphatic heterocycles. The van der Waals surface area contributed by atoms with Gasteiger partial charge in [-0.15, -0.1) is 0 Å². The SMILES string of the molecule is CCCC[Si](N=C=O)(OCC)OCC. The zero-order chi connectivity index (χ0) is 10.9. The minimum absolute atomic E-state index is 0.529. The molecule has 0 unspecified atom stereocenters. The fraction of sp³-hybridized carbons (Fsp3) is 0.889. The number of rotatable bonds is 8. The summed E-state index contributed by atoms with van der Waals surface area (Å²) in [5.74, 6) is 0. The van der Waals surface area contributed by atoms with Crippen LogP contribution in [0.2, 0.25) is 6.04 Å². The second-order valence-corrected chi connectivity index (χ2v) is 5.61. The van der Waals surface area contributed by atoms with E-state index in [1.165, 1.54) is 0 Å². The third-order valence-corrected chi connectivity index (χ3v) is 4.70. The van der Waals surface area contributed by atoms with Gasteiger partial charge in [0.1, 0.15) is 0 Å². The molecule has 0 aliphatic rings. The van der Waals surface area contributed by atoms with Gasteiger partial charge < -0.3 is 8.85 Å². The van der Waals surface area contributed by atoms with Gasteiger partial charge in [0.2, 0.25) is 6.08 Å². The molecule has 5 heteroatoms. The Balaban J connectivity index is 4.45. The zero-order valence-corrected chi connectivity index (χ0v) is 10.2. The number of hydrogen-bond acceptors (Lipinski definition) is 4. The molecule has 0 aliphatic carbocycles. The number of unbranched alkanes of at least 4 members (excludes halogenated alkanes) is 1. The van der Waals surface area contributed by atoms with Crippen LogP contribution in [0, 0.1) is 0 Å². The van der Waals surface area contributed by atoms with Crippen LogP contribution in [0.1, 0.15) is 33.6 Å². The predicted octanol–water partition coefficient (Wildman–Crippen LogP) is 2.13. The van der Waals surface area contributed by atoms with Crippen molar-refractivity contribution in [2.45, 2.75) is 39.7 Å². The third kappa shape index (κ3) is 4.67. The van der Waals surface area contributed by atoms with Crippen LogP contribution in [-0.2, 0) is 13.6 Å². The van der Waals surface area contributed by atoms with Crippen molar-refractivity contribution in [2.75, 3.05) is 13.2 Å². The van der Waals surface area contributed by atoms with E-state index in [1.54, 1.807) is 6.08 Å². The van der Waals surface area contributed by atoms with Gasteiger partial charge in [0, 0.05) is 19.3 Å². The third-order valence-electron chi connectivity index (χ3n) is 1.80. The highest BCUT2D eigenvalue weighted by atomic mass is 28.4. The molecule has 0 saturated heterocycles. The molecule has 82 valence electrons. The topological polar surface area (TPSA) is 47.9 Å². The van der Waals surface area contributed by atoms with Crippen molar-refractivity contribution in [2.24, 2.45) is 4.66 Å². The first-order valence-corrected chi connectivity index (χ1v) is 7.08. The lowest BCUT2D eigenvalue weighted by molar-refractivity contribution is 0.183. The van der Waals surface area contributed by atoms with Crippen LogP contribution in [0.15, 0.2) is 4.66 Å². The lowest BCUT2D eigenvalue weighted by atomic mass is 10.4. The molecule has 0 spiro atoms. The van der Waals surface area contributed by atoms with E-state index >= 15 is 0 Å². The standard InChI is InChI=1S/C9H19NO3Si/c1-4-7-8-14(10-9-11,12-5-2)13-6-3/h4-8H2,1-3H3. The first-order chi connectivity index (χ1) is 6.74. The monoisotopic (exact) mass is 217 g/mol. The fourth-order valence-corrected chi connectivity index (χ4v) is 3.68. The van der Waals surface area contributed by atoms with Crippen LogP contribution < -0.4 is 0 Å². The van der Waals surface area contributed by atoms with E-state index in [0.29, 0.717) is 13.2 Å². The Hall–Kier alpha value is -0.483. The molecule has 0 aromatic carbocycles. The first kappa shape index (κ1) is 13.5. The summed E-state index contributed by atoms with van der Waals surface area (Å²) >= 11 is 0. The molecule has 0 radical (unpaired) electrons. The van der Waals surface area contributed by atoms with Crippen molar-refractivity contribution in [3.63, 3.8) is 0 Å². The minimum Gasteiger partial charge on any atom is -0.377 e. The van der Waals surface area contributed by atoms with Crippen molar-refractivity contribution in [3.05, 3.63) is 0 Å². The number of hydrogen-bond donors (Lipinski definition) is 0. The van der Waals surface area contributed by atoms with Gasteiger partial charge in [-0.25, -0.2) is 4.79 Å². The second-order valence-electron chi connectivity index (χ2n) is 2.89. The van der Waals surface area contributed by atoms with E-state index in [1.807, 2.05) is 13.8 Å². The quantitative estimate of drug-likeness (QED) is 0.355. The molecule has 14 heavy (non-hydrogen) atoms. The van der Waals surface area contributed by atoms with Gasteiger partial charge in [-0.05, 0) is 20.3 Å². The van der Waals surface area contributed by atoms with Crippen LogP contribution >= 0.6 is 0 Å². The molecule has 0 atom stereocenters. The lowest BCUT2D eigenvalue weighted by Gasteiger charge is -2.23. The Labute approximate surface area is 86.7 Å². The van der Waals surface area contributed by atoms with Crippen LogP contribution in [0.3, 0.4) is 0 Å². The average molecular weight is 217 g/mol. The minimum atomic E-state index is -2.62. The van der Waals surface area contributed by atoms with E-state index < -0.39 is 8.72 Å². The largest absolute Gasteiger partial charge is 0.488 e. The van der Waals surface area contributed by atoms with Gasteiger partial charge >= 0.3 is 8.72 Å². The zero-order valence-electron chi connectivity index (χ0n) is 9.21. The van der Waals surface area contributed by atoms with Gasteiger partial charge in [-0.3, -0.25) is 0 Å². The summed E-state index contributed by atoms with van der Waals surface area (Å²) in [7, 11) is -2.62. The lowest BCUT2D eigenvalue weighted by Crippen LogP contribution is -2.40. The summed E-state index contributed by atoms with van der Waals surface area (Å²) in [6, 6.07) is 0.737. The molecule has 0 aromatic rings. The molecular weight excluding hydrogens is 198 g/mol. The van der Waals surface area contributed by atoms with Gasteiger partial charge in [-0.1, -0.05) is 13.3 Å². The van der Waals surface area contributed by atoms with Crippen LogP contribution in [0.25, 0.3) is 0 Å². The van der Waals surface area contributed by atoms with E-state index in [9.17, 15) is 4.79 Å². The van der Waals surface area contributed by atoms with Crippen molar-refractivity contribution in [1.29, 1.82) is 0 Å². The van der Waals surface area contributed by atoms with Crippen molar-refractivity contribution in [1.82, 2.24) is 0 Å². The maximum absolute atomic E-state index is 10.3. The molecule has 4 nitrogen and oxygen atoms in total.